The predicted octanol–water partition coefficient (Wildman–Crippen LogP) is 3.90. The van der Waals surface area contributed by atoms with Crippen molar-refractivity contribution in [3.63, 3.8) is 0 Å². The summed E-state index contributed by atoms with van der Waals surface area (Å²) in [5.41, 5.74) is 5.17. The van der Waals surface area contributed by atoms with Crippen molar-refractivity contribution in [2.45, 2.75) is 18.9 Å². The van der Waals surface area contributed by atoms with Gasteiger partial charge in [0, 0.05) is 0 Å². The number of hydrogen-bond donors (Lipinski definition) is 3. The summed E-state index contributed by atoms with van der Waals surface area (Å²) < 4.78 is 41.0. The minimum atomic E-state index is -4.81. The van der Waals surface area contributed by atoms with E-state index in [2.05, 4.69) is 15.0 Å². The van der Waals surface area contributed by atoms with Crippen LogP contribution >= 0.6 is 35.3 Å². The molecule has 1 heterocycles. The minimum absolute atomic E-state index is 0. The first-order valence-corrected chi connectivity index (χ1v) is 7.78. The molecule has 10 heteroatoms. The van der Waals surface area contributed by atoms with E-state index in [1.165, 1.54) is 29.5 Å². The number of anilines is 1. The van der Waals surface area contributed by atoms with E-state index in [0.717, 1.165) is 6.07 Å². The minimum Gasteiger partial charge on any atom is -0.404 e. The Labute approximate surface area is 163 Å². The number of halogens is 4. The van der Waals surface area contributed by atoms with Gasteiger partial charge in [0.1, 0.15) is 5.60 Å². The van der Waals surface area contributed by atoms with E-state index in [9.17, 15) is 18.3 Å². The molecule has 4 N–H and O–H groups in total. The van der Waals surface area contributed by atoms with Crippen molar-refractivity contribution in [1.29, 1.82) is 0 Å². The van der Waals surface area contributed by atoms with Crippen molar-refractivity contribution in [1.82, 2.24) is 0 Å². The molecule has 2 aromatic rings. The first-order valence-electron chi connectivity index (χ1n) is 6.84. The molecular weight excluding hydrogens is 470 g/mol. The van der Waals surface area contributed by atoms with Crippen LogP contribution in [0.15, 0.2) is 46.1 Å². The lowest BCUT2D eigenvalue weighted by atomic mass is 10.00. The molecule has 138 valence electrons. The van der Waals surface area contributed by atoms with Crippen LogP contribution < -0.4 is 15.8 Å². The van der Waals surface area contributed by atoms with Gasteiger partial charge in [0.25, 0.3) is 0 Å². The fourth-order valence-electron chi connectivity index (χ4n) is 1.86. The second kappa shape index (κ2) is 8.72. The Kier molecular flexibility index (Phi) is 7.50. The maximum absolute atomic E-state index is 12.4. The number of hydrogen-bond acceptors (Lipinski definition) is 4. The van der Waals surface area contributed by atoms with Gasteiger partial charge in [-0.2, -0.15) is 11.3 Å². The Bertz CT molecular complexity index is 706. The number of benzene rings is 1. The van der Waals surface area contributed by atoms with Crippen molar-refractivity contribution in [2.75, 3.05) is 11.9 Å². The average molecular weight is 487 g/mol. The van der Waals surface area contributed by atoms with Gasteiger partial charge in [0.05, 0.1) is 12.2 Å². The summed E-state index contributed by atoms with van der Waals surface area (Å²) in [5.74, 6) is -0.559. The van der Waals surface area contributed by atoms with Gasteiger partial charge < -0.3 is 20.9 Å². The number of guanidine groups is 1. The van der Waals surface area contributed by atoms with Gasteiger partial charge in [-0.25, -0.2) is 4.99 Å². The highest BCUT2D eigenvalue weighted by atomic mass is 127. The zero-order chi connectivity index (χ0) is 17.8. The van der Waals surface area contributed by atoms with Gasteiger partial charge in [-0.3, -0.25) is 0 Å². The molecule has 0 saturated carbocycles. The molecule has 0 aliphatic carbocycles. The Hall–Kier alpha value is -1.53. The van der Waals surface area contributed by atoms with E-state index in [1.807, 2.05) is 5.38 Å². The standard InChI is InChI=1S/C15H16F3N3O2S.HI/c1-14(22,10-6-7-24-8-10)9-20-13(19)21-11-4-2-3-5-12(11)23-15(16,17)18;/h2-8,22H,9H2,1H3,(H3,19,20,21);1H. The topological polar surface area (TPSA) is 79.9 Å². The molecule has 25 heavy (non-hydrogen) atoms. The lowest BCUT2D eigenvalue weighted by Crippen LogP contribution is -2.29. The number of thiophene rings is 1. The van der Waals surface area contributed by atoms with Crippen LogP contribution in [0.3, 0.4) is 0 Å². The summed E-state index contributed by atoms with van der Waals surface area (Å²) in [6.45, 7) is 1.53. The van der Waals surface area contributed by atoms with E-state index in [0.29, 0.717) is 5.56 Å². The lowest BCUT2D eigenvalue weighted by molar-refractivity contribution is -0.274. The number of aliphatic imine (C=N–C) groups is 1. The van der Waals surface area contributed by atoms with Crippen LogP contribution in [0.4, 0.5) is 18.9 Å². The van der Waals surface area contributed by atoms with Gasteiger partial charge in [0.2, 0.25) is 0 Å². The second-order valence-corrected chi connectivity index (χ2v) is 5.94. The first kappa shape index (κ1) is 21.5. The molecule has 0 bridgehead atoms. The lowest BCUT2D eigenvalue weighted by Gasteiger charge is -2.20. The average Bonchev–Trinajstić information content (AvgIpc) is 3.01. The summed E-state index contributed by atoms with van der Waals surface area (Å²) in [7, 11) is 0. The second-order valence-electron chi connectivity index (χ2n) is 5.16. The molecule has 0 fully saturated rings. The summed E-state index contributed by atoms with van der Waals surface area (Å²) >= 11 is 1.43. The number of alkyl halides is 3. The third-order valence-electron chi connectivity index (χ3n) is 3.08. The van der Waals surface area contributed by atoms with E-state index >= 15 is 0 Å². The summed E-state index contributed by atoms with van der Waals surface area (Å²) in [6.07, 6.45) is -4.81. The predicted molar refractivity (Wildman–Crippen MR) is 103 cm³/mol. The fourth-order valence-corrected chi connectivity index (χ4v) is 2.65. The zero-order valence-electron chi connectivity index (χ0n) is 13.1. The molecule has 1 atom stereocenters. The van der Waals surface area contributed by atoms with Gasteiger partial charge >= 0.3 is 6.36 Å². The molecule has 2 rings (SSSR count). The highest BCUT2D eigenvalue weighted by molar-refractivity contribution is 14.0. The van der Waals surface area contributed by atoms with Gasteiger partial charge in [-0.15, -0.1) is 37.1 Å². The number of aliphatic hydroxyl groups is 1. The molecule has 0 aliphatic rings. The largest absolute Gasteiger partial charge is 0.573 e. The first-order chi connectivity index (χ1) is 11.2. The highest BCUT2D eigenvalue weighted by Gasteiger charge is 2.32. The normalized spacial score (nSPS) is 14.4. The molecule has 0 saturated heterocycles. The molecule has 0 amide bonds. The number of nitrogens with two attached hydrogens (primary N) is 1. The van der Waals surface area contributed by atoms with E-state index in [1.54, 1.807) is 18.4 Å². The number of ether oxygens (including phenoxy) is 1. The molecule has 5 nitrogen and oxygen atoms in total. The smallest absolute Gasteiger partial charge is 0.404 e. The van der Waals surface area contributed by atoms with Crippen LogP contribution in [0.25, 0.3) is 0 Å². The molecular formula is C15H17F3IN3O2S. The van der Waals surface area contributed by atoms with E-state index in [-0.39, 0.29) is 42.2 Å². The molecule has 1 aromatic carbocycles. The van der Waals surface area contributed by atoms with Crippen LogP contribution in [0, 0.1) is 0 Å². The van der Waals surface area contributed by atoms with Crippen molar-refractivity contribution in [3.05, 3.63) is 46.7 Å². The number of rotatable bonds is 5. The molecule has 0 aliphatic heterocycles. The zero-order valence-corrected chi connectivity index (χ0v) is 16.2. The molecule has 1 aromatic heterocycles. The highest BCUT2D eigenvalue weighted by Crippen LogP contribution is 2.30. The van der Waals surface area contributed by atoms with Crippen molar-refractivity contribution >= 4 is 47.0 Å². The Balaban J connectivity index is 0.00000312. The van der Waals surface area contributed by atoms with Crippen molar-refractivity contribution in [2.24, 2.45) is 10.7 Å². The molecule has 1 unspecified atom stereocenters. The fraction of sp³-hybridized carbons (Fsp3) is 0.267. The van der Waals surface area contributed by atoms with Crippen LogP contribution in [0.1, 0.15) is 12.5 Å². The van der Waals surface area contributed by atoms with Gasteiger partial charge in [0.15, 0.2) is 11.7 Å². The summed E-state index contributed by atoms with van der Waals surface area (Å²) in [5, 5.41) is 16.5. The number of nitrogens with zero attached hydrogens (tertiary/aromatic N) is 1. The Morgan fingerprint density at radius 1 is 1.32 bits per heavy atom. The summed E-state index contributed by atoms with van der Waals surface area (Å²) in [4.78, 5) is 3.99. The van der Waals surface area contributed by atoms with Gasteiger partial charge in [-0.05, 0) is 41.4 Å². The summed E-state index contributed by atoms with van der Waals surface area (Å²) in [6, 6.07) is 7.22. The molecule has 0 spiro atoms. The third kappa shape index (κ3) is 6.71. The van der Waals surface area contributed by atoms with Crippen LogP contribution in [-0.2, 0) is 5.60 Å². The maximum Gasteiger partial charge on any atom is 0.573 e. The maximum atomic E-state index is 12.4. The Morgan fingerprint density at radius 3 is 2.60 bits per heavy atom. The van der Waals surface area contributed by atoms with Gasteiger partial charge in [-0.1, -0.05) is 12.1 Å². The van der Waals surface area contributed by atoms with Crippen LogP contribution in [0.5, 0.6) is 5.75 Å². The number of nitrogens with one attached hydrogen (secondary N) is 1. The SMILES string of the molecule is CC(O)(CN=C(N)Nc1ccccc1OC(F)(F)F)c1ccsc1.I. The van der Waals surface area contributed by atoms with Crippen LogP contribution in [-0.4, -0.2) is 24.0 Å². The van der Waals surface area contributed by atoms with Crippen molar-refractivity contribution < 1.29 is 23.0 Å². The number of para-hydroxylation sites is 2. The van der Waals surface area contributed by atoms with Crippen molar-refractivity contribution in [3.8, 4) is 5.75 Å². The monoisotopic (exact) mass is 487 g/mol. The quantitative estimate of drug-likeness (QED) is 0.340. The van der Waals surface area contributed by atoms with Crippen LogP contribution in [0.2, 0.25) is 0 Å². The van der Waals surface area contributed by atoms with E-state index in [4.69, 9.17) is 5.73 Å². The third-order valence-corrected chi connectivity index (χ3v) is 3.76. The molecule has 0 radical (unpaired) electrons. The van der Waals surface area contributed by atoms with E-state index < -0.39 is 17.7 Å². The Morgan fingerprint density at radius 2 is 2.00 bits per heavy atom.